The number of aromatic hydroxyl groups is 1. The number of hydrogen-bond donors (Lipinski definition) is 3. The number of aliphatic hydroxyl groups is 1. The molecule has 2 aromatic rings. The number of allylic oxidation sites excluding steroid dienone is 1. The summed E-state index contributed by atoms with van der Waals surface area (Å²) >= 11 is 1.56. The predicted octanol–water partition coefficient (Wildman–Crippen LogP) is 4.54. The maximum absolute atomic E-state index is 11.5. The van der Waals surface area contributed by atoms with Crippen molar-refractivity contribution in [2.45, 2.75) is 6.92 Å². The van der Waals surface area contributed by atoms with Gasteiger partial charge in [-0.2, -0.15) is 0 Å². The topological polar surface area (TPSA) is 69.6 Å². The predicted molar refractivity (Wildman–Crippen MR) is 97.3 cm³/mol. The number of phenols is 1. The SMILES string of the molecule is CC(=O)c1ccc(-c2c(O)ccc3c2C2=CCSC2=C(O)N3)cc1. The third kappa shape index (κ3) is 2.20. The highest BCUT2D eigenvalue weighted by atomic mass is 32.2. The highest BCUT2D eigenvalue weighted by Crippen LogP contribution is 2.51. The van der Waals surface area contributed by atoms with Gasteiger partial charge in [-0.3, -0.25) is 4.79 Å². The smallest absolute Gasteiger partial charge is 0.203 e. The van der Waals surface area contributed by atoms with Crippen LogP contribution in [0.4, 0.5) is 5.69 Å². The van der Waals surface area contributed by atoms with E-state index in [9.17, 15) is 15.0 Å². The van der Waals surface area contributed by atoms with Crippen LogP contribution < -0.4 is 5.32 Å². The number of carbonyl (C=O) groups excluding carboxylic acids is 1. The Kier molecular flexibility index (Phi) is 3.39. The van der Waals surface area contributed by atoms with E-state index in [0.29, 0.717) is 11.1 Å². The molecule has 2 heterocycles. The zero-order valence-corrected chi connectivity index (χ0v) is 13.8. The lowest BCUT2D eigenvalue weighted by molar-refractivity contribution is 0.101. The molecule has 0 atom stereocenters. The van der Waals surface area contributed by atoms with Gasteiger partial charge in [0.25, 0.3) is 0 Å². The highest BCUT2D eigenvalue weighted by molar-refractivity contribution is 8.04. The highest BCUT2D eigenvalue weighted by Gasteiger charge is 2.29. The summed E-state index contributed by atoms with van der Waals surface area (Å²) in [5.41, 5.74) is 4.74. The lowest BCUT2D eigenvalue weighted by Crippen LogP contribution is -2.10. The van der Waals surface area contributed by atoms with Gasteiger partial charge < -0.3 is 15.5 Å². The Balaban J connectivity index is 1.93. The van der Waals surface area contributed by atoms with Gasteiger partial charge in [0.15, 0.2) is 5.78 Å². The number of Topliss-reactive ketones (excluding diaryl/α,β-unsaturated/α-hetero) is 1. The van der Waals surface area contributed by atoms with Crippen molar-refractivity contribution in [3.8, 4) is 16.9 Å². The van der Waals surface area contributed by atoms with Gasteiger partial charge in [0.05, 0.1) is 4.91 Å². The summed E-state index contributed by atoms with van der Waals surface area (Å²) in [7, 11) is 0. The molecule has 4 nitrogen and oxygen atoms in total. The summed E-state index contributed by atoms with van der Waals surface area (Å²) in [5.74, 6) is 1.12. The molecule has 0 amide bonds. The molecule has 0 saturated carbocycles. The average Bonchev–Trinajstić information content (AvgIpc) is 3.06. The Labute approximate surface area is 143 Å². The second-order valence-electron chi connectivity index (χ2n) is 5.75. The summed E-state index contributed by atoms with van der Waals surface area (Å²) in [6, 6.07) is 10.6. The third-order valence-electron chi connectivity index (χ3n) is 4.26. The molecule has 2 aromatic carbocycles. The molecule has 0 saturated heterocycles. The summed E-state index contributed by atoms with van der Waals surface area (Å²) in [5, 5.41) is 23.6. The number of benzene rings is 2. The van der Waals surface area contributed by atoms with E-state index in [1.54, 1.807) is 36.0 Å². The molecule has 24 heavy (non-hydrogen) atoms. The van der Waals surface area contributed by atoms with E-state index in [2.05, 4.69) is 11.4 Å². The molecular formula is C19H15NO3S. The quantitative estimate of drug-likeness (QED) is 0.554. The van der Waals surface area contributed by atoms with Crippen molar-refractivity contribution in [2.75, 3.05) is 11.1 Å². The van der Waals surface area contributed by atoms with Gasteiger partial charge in [0.1, 0.15) is 5.75 Å². The van der Waals surface area contributed by atoms with Crippen molar-refractivity contribution >= 4 is 28.8 Å². The first-order valence-electron chi connectivity index (χ1n) is 7.57. The van der Waals surface area contributed by atoms with Crippen molar-refractivity contribution in [1.29, 1.82) is 0 Å². The van der Waals surface area contributed by atoms with Crippen LogP contribution in [0, 0.1) is 0 Å². The largest absolute Gasteiger partial charge is 0.507 e. The van der Waals surface area contributed by atoms with Gasteiger partial charge in [-0.15, -0.1) is 11.8 Å². The lowest BCUT2D eigenvalue weighted by Gasteiger charge is -2.24. The third-order valence-corrected chi connectivity index (χ3v) is 5.30. The number of nitrogens with one attached hydrogen (secondary N) is 1. The standard InChI is InChI=1S/C19H15NO3S/c1-10(21)11-2-4-12(5-3-11)16-15(22)7-6-14-17(16)13-8-9-24-18(13)19(23)20-14/h2-8,20,22-23H,9H2,1H3. The van der Waals surface area contributed by atoms with E-state index in [1.165, 1.54) is 6.92 Å². The van der Waals surface area contributed by atoms with Gasteiger partial charge in [-0.25, -0.2) is 0 Å². The average molecular weight is 337 g/mol. The fraction of sp³-hybridized carbons (Fsp3) is 0.105. The van der Waals surface area contributed by atoms with Crippen molar-refractivity contribution in [3.05, 3.63) is 64.4 Å². The fourth-order valence-electron chi connectivity index (χ4n) is 3.11. The Morgan fingerprint density at radius 1 is 1.08 bits per heavy atom. The van der Waals surface area contributed by atoms with Crippen molar-refractivity contribution < 1.29 is 15.0 Å². The molecule has 0 spiro atoms. The molecule has 2 aliphatic rings. The van der Waals surface area contributed by atoms with E-state index in [-0.39, 0.29) is 17.4 Å². The molecule has 5 heteroatoms. The van der Waals surface area contributed by atoms with E-state index in [4.69, 9.17) is 0 Å². The van der Waals surface area contributed by atoms with Crippen LogP contribution in [-0.4, -0.2) is 21.7 Å². The Morgan fingerprint density at radius 3 is 2.54 bits per heavy atom. The molecule has 0 aliphatic carbocycles. The van der Waals surface area contributed by atoms with Crippen LogP contribution in [0.2, 0.25) is 0 Å². The number of aliphatic hydroxyl groups excluding tert-OH is 1. The summed E-state index contributed by atoms with van der Waals surface area (Å²) < 4.78 is 0. The monoisotopic (exact) mass is 337 g/mol. The van der Waals surface area contributed by atoms with Crippen molar-refractivity contribution in [3.63, 3.8) is 0 Å². The number of phenolic OH excluding ortho intramolecular Hbond substituents is 1. The molecule has 0 unspecified atom stereocenters. The van der Waals surface area contributed by atoms with E-state index >= 15 is 0 Å². The van der Waals surface area contributed by atoms with E-state index < -0.39 is 0 Å². The van der Waals surface area contributed by atoms with Gasteiger partial charge >= 0.3 is 0 Å². The summed E-state index contributed by atoms with van der Waals surface area (Å²) in [6.07, 6.45) is 2.06. The van der Waals surface area contributed by atoms with Crippen LogP contribution in [0.3, 0.4) is 0 Å². The maximum atomic E-state index is 11.5. The Bertz CT molecular complexity index is 926. The van der Waals surface area contributed by atoms with E-state index in [0.717, 1.165) is 33.0 Å². The van der Waals surface area contributed by atoms with Gasteiger partial charge in [0, 0.05) is 33.7 Å². The number of rotatable bonds is 2. The van der Waals surface area contributed by atoms with Crippen LogP contribution in [0.25, 0.3) is 16.7 Å². The second-order valence-corrected chi connectivity index (χ2v) is 6.78. The Hall–Kier alpha value is -2.66. The molecule has 0 bridgehead atoms. The number of fused-ring (bicyclic) bond motifs is 3. The summed E-state index contributed by atoms with van der Waals surface area (Å²) in [4.78, 5) is 12.3. The molecule has 4 rings (SSSR count). The molecule has 0 aromatic heterocycles. The zero-order chi connectivity index (χ0) is 16.8. The second kappa shape index (κ2) is 5.46. The molecule has 0 fully saturated rings. The normalized spacial score (nSPS) is 15.5. The Morgan fingerprint density at radius 2 is 1.83 bits per heavy atom. The zero-order valence-electron chi connectivity index (χ0n) is 13.0. The van der Waals surface area contributed by atoms with Crippen LogP contribution in [-0.2, 0) is 0 Å². The first kappa shape index (κ1) is 14.9. The van der Waals surface area contributed by atoms with Crippen LogP contribution in [0.5, 0.6) is 5.75 Å². The van der Waals surface area contributed by atoms with Crippen LogP contribution in [0.1, 0.15) is 22.8 Å². The fourth-order valence-corrected chi connectivity index (χ4v) is 4.06. The van der Waals surface area contributed by atoms with E-state index in [1.807, 2.05) is 12.1 Å². The maximum Gasteiger partial charge on any atom is 0.203 e. The summed E-state index contributed by atoms with van der Waals surface area (Å²) in [6.45, 7) is 1.53. The molecule has 120 valence electrons. The minimum absolute atomic E-state index is 0.00701. The number of anilines is 1. The first-order valence-corrected chi connectivity index (χ1v) is 8.56. The molecular weight excluding hydrogens is 322 g/mol. The van der Waals surface area contributed by atoms with Crippen LogP contribution in [0.15, 0.2) is 53.3 Å². The lowest BCUT2D eigenvalue weighted by atomic mass is 9.89. The minimum Gasteiger partial charge on any atom is -0.507 e. The van der Waals surface area contributed by atoms with Gasteiger partial charge in [-0.05, 0) is 24.6 Å². The number of thioether (sulfide) groups is 1. The van der Waals surface area contributed by atoms with Gasteiger partial charge in [-0.1, -0.05) is 30.3 Å². The number of carbonyl (C=O) groups is 1. The van der Waals surface area contributed by atoms with Crippen molar-refractivity contribution in [2.24, 2.45) is 0 Å². The number of ketones is 1. The molecule has 3 N–H and O–H groups in total. The van der Waals surface area contributed by atoms with Crippen LogP contribution >= 0.6 is 11.8 Å². The van der Waals surface area contributed by atoms with Gasteiger partial charge in [0.2, 0.25) is 5.88 Å². The number of hydrogen-bond acceptors (Lipinski definition) is 5. The molecule has 0 radical (unpaired) electrons. The minimum atomic E-state index is 0.00701. The first-order chi connectivity index (χ1) is 11.6. The van der Waals surface area contributed by atoms with Crippen molar-refractivity contribution in [1.82, 2.24) is 0 Å². The molecule has 2 aliphatic heterocycles.